The Morgan fingerprint density at radius 3 is 1.24 bits per heavy atom. The fourth-order valence-corrected chi connectivity index (χ4v) is 4.21. The minimum atomic E-state index is -0.555. The van der Waals surface area contributed by atoms with Gasteiger partial charge in [-0.15, -0.1) is 0 Å². The summed E-state index contributed by atoms with van der Waals surface area (Å²) in [5, 5.41) is 0. The summed E-state index contributed by atoms with van der Waals surface area (Å²) in [5.41, 5.74) is 2.90. The van der Waals surface area contributed by atoms with Gasteiger partial charge in [-0.25, -0.2) is 19.2 Å². The van der Waals surface area contributed by atoms with Gasteiger partial charge in [-0.3, -0.25) is 0 Å². The van der Waals surface area contributed by atoms with Crippen LogP contribution in [0.5, 0.6) is 23.0 Å². The first-order valence-corrected chi connectivity index (χ1v) is 16.1. The highest BCUT2D eigenvalue weighted by Crippen LogP contribution is 2.29. The van der Waals surface area contributed by atoms with E-state index in [0.29, 0.717) is 73.4 Å². The summed E-state index contributed by atoms with van der Waals surface area (Å²) in [6.45, 7) is 11.9. The van der Waals surface area contributed by atoms with E-state index in [9.17, 15) is 19.2 Å². The van der Waals surface area contributed by atoms with Gasteiger partial charge in [-0.1, -0.05) is 37.4 Å². The van der Waals surface area contributed by atoms with Crippen molar-refractivity contribution in [2.24, 2.45) is 0 Å². The minimum absolute atomic E-state index is 0.319. The van der Waals surface area contributed by atoms with Gasteiger partial charge in [-0.2, -0.15) is 0 Å². The number of hydrogen-bond acceptors (Lipinski definition) is 10. The zero-order valence-corrected chi connectivity index (χ0v) is 28.4. The van der Waals surface area contributed by atoms with E-state index < -0.39 is 23.9 Å². The van der Waals surface area contributed by atoms with Gasteiger partial charge in [0.2, 0.25) is 0 Å². The molecule has 0 heterocycles. The number of unbranched alkanes of at least 4 members (excludes halogenated alkanes) is 2. The molecule has 3 rings (SSSR count). The Morgan fingerprint density at radius 2 is 0.880 bits per heavy atom. The zero-order valence-electron chi connectivity index (χ0n) is 28.4. The Bertz CT molecular complexity index is 1540. The molecule has 0 N–H and O–H groups in total. The molecular formula is C40H42O10. The van der Waals surface area contributed by atoms with Crippen LogP contribution < -0.4 is 18.9 Å². The van der Waals surface area contributed by atoms with Gasteiger partial charge in [0.05, 0.1) is 26.4 Å². The van der Waals surface area contributed by atoms with E-state index >= 15 is 0 Å². The van der Waals surface area contributed by atoms with Crippen molar-refractivity contribution in [2.45, 2.75) is 39.5 Å². The summed E-state index contributed by atoms with van der Waals surface area (Å²) < 4.78 is 32.3. The van der Waals surface area contributed by atoms with Gasteiger partial charge in [0, 0.05) is 24.3 Å². The van der Waals surface area contributed by atoms with E-state index in [-0.39, 0.29) is 0 Å². The molecule has 0 aliphatic heterocycles. The molecule has 3 aromatic carbocycles. The lowest BCUT2D eigenvalue weighted by Crippen LogP contribution is -2.08. The smallest absolute Gasteiger partial charge is 0.336 e. The van der Waals surface area contributed by atoms with Crippen LogP contribution in [-0.2, 0) is 28.7 Å². The molecule has 0 aliphatic rings. The number of esters is 4. The highest BCUT2D eigenvalue weighted by atomic mass is 16.5. The highest BCUT2D eigenvalue weighted by Gasteiger charge is 2.13. The maximum Gasteiger partial charge on any atom is 0.336 e. The van der Waals surface area contributed by atoms with E-state index in [4.69, 9.17) is 28.4 Å². The van der Waals surface area contributed by atoms with Gasteiger partial charge in [0.25, 0.3) is 0 Å². The molecule has 0 spiro atoms. The molecule has 0 atom stereocenters. The second kappa shape index (κ2) is 21.1. The van der Waals surface area contributed by atoms with Crippen LogP contribution in [0.25, 0.3) is 12.2 Å². The van der Waals surface area contributed by atoms with Crippen molar-refractivity contribution in [1.82, 2.24) is 0 Å². The van der Waals surface area contributed by atoms with Crippen molar-refractivity contribution in [3.05, 3.63) is 120 Å². The predicted molar refractivity (Wildman–Crippen MR) is 190 cm³/mol. The lowest BCUT2D eigenvalue weighted by atomic mass is 10.1. The van der Waals surface area contributed by atoms with Crippen LogP contribution in [0.2, 0.25) is 0 Å². The summed E-state index contributed by atoms with van der Waals surface area (Å²) in [4.78, 5) is 47.1. The molecule has 50 heavy (non-hydrogen) atoms. The Balaban J connectivity index is 1.41. The minimum Gasteiger partial charge on any atom is -0.494 e. The van der Waals surface area contributed by atoms with Crippen molar-refractivity contribution >= 4 is 36.0 Å². The van der Waals surface area contributed by atoms with Crippen LogP contribution in [0, 0.1) is 13.8 Å². The van der Waals surface area contributed by atoms with Crippen molar-refractivity contribution in [3.8, 4) is 23.0 Å². The zero-order chi connectivity index (χ0) is 36.1. The average Bonchev–Trinajstić information content (AvgIpc) is 3.13. The summed E-state index contributed by atoms with van der Waals surface area (Å²) >= 11 is 0. The summed E-state index contributed by atoms with van der Waals surface area (Å²) in [5.74, 6) is 0.0989. The number of ether oxygens (including phenoxy) is 6. The average molecular weight is 683 g/mol. The third-order valence-corrected chi connectivity index (χ3v) is 7.13. The van der Waals surface area contributed by atoms with Crippen LogP contribution in [0.4, 0.5) is 0 Å². The van der Waals surface area contributed by atoms with Crippen LogP contribution in [0.3, 0.4) is 0 Å². The molecule has 3 aromatic rings. The second-order valence-corrected chi connectivity index (χ2v) is 10.8. The van der Waals surface area contributed by atoms with Gasteiger partial charge in [0.1, 0.15) is 23.0 Å². The number of benzene rings is 3. The molecule has 0 amide bonds. The third-order valence-electron chi connectivity index (χ3n) is 7.13. The fraction of sp³-hybridized carbons (Fsp3) is 0.250. The standard InChI is InChI=1S/C40H42O10/c1-5-37(41)47-27-9-7-25-45-33-17-11-31(12-18-33)15-23-39(43)49-35-21-22-36(30(4)29(35)3)50-40(44)24-16-32-13-19-34(20-14-32)46-26-8-10-28-48-38(42)6-2/h5-6,11-24H,1-2,7-10,25-28H2,3-4H3. The summed E-state index contributed by atoms with van der Waals surface area (Å²) in [6, 6.07) is 17.7. The monoisotopic (exact) mass is 682 g/mol. The fourth-order valence-electron chi connectivity index (χ4n) is 4.21. The highest BCUT2D eigenvalue weighted by molar-refractivity contribution is 5.90. The Kier molecular flexibility index (Phi) is 16.3. The lowest BCUT2D eigenvalue weighted by molar-refractivity contribution is -0.138. The number of carbonyl (C=O) groups excluding carboxylic acids is 4. The molecule has 262 valence electrons. The van der Waals surface area contributed by atoms with E-state index in [2.05, 4.69) is 13.2 Å². The van der Waals surface area contributed by atoms with Crippen LogP contribution >= 0.6 is 0 Å². The molecule has 0 aromatic heterocycles. The normalized spacial score (nSPS) is 10.8. The van der Waals surface area contributed by atoms with Crippen molar-refractivity contribution in [3.63, 3.8) is 0 Å². The first-order chi connectivity index (χ1) is 24.2. The van der Waals surface area contributed by atoms with Crippen LogP contribution in [0.1, 0.15) is 47.9 Å². The van der Waals surface area contributed by atoms with E-state index in [0.717, 1.165) is 36.1 Å². The Morgan fingerprint density at radius 1 is 0.520 bits per heavy atom. The van der Waals surface area contributed by atoms with E-state index in [1.54, 1.807) is 62.4 Å². The number of rotatable bonds is 20. The number of hydrogen-bond donors (Lipinski definition) is 0. The maximum absolute atomic E-state index is 12.5. The van der Waals surface area contributed by atoms with Gasteiger partial charge in [-0.05, 0) is 110 Å². The molecule has 0 radical (unpaired) electrons. The molecule has 10 nitrogen and oxygen atoms in total. The van der Waals surface area contributed by atoms with Crippen molar-refractivity contribution < 1.29 is 47.6 Å². The lowest BCUT2D eigenvalue weighted by Gasteiger charge is -2.12. The second-order valence-electron chi connectivity index (χ2n) is 10.8. The molecule has 10 heteroatoms. The molecule has 0 bridgehead atoms. The molecule has 0 unspecified atom stereocenters. The molecule has 0 saturated heterocycles. The summed E-state index contributed by atoms with van der Waals surface area (Å²) in [6.07, 6.45) is 11.0. The Hall–Kier alpha value is -5.90. The first-order valence-electron chi connectivity index (χ1n) is 16.1. The van der Waals surface area contributed by atoms with Crippen LogP contribution in [0.15, 0.2) is 98.1 Å². The van der Waals surface area contributed by atoms with E-state index in [1.807, 2.05) is 24.3 Å². The van der Waals surface area contributed by atoms with Gasteiger partial charge < -0.3 is 28.4 Å². The molecule has 0 aliphatic carbocycles. The number of carbonyl (C=O) groups is 4. The van der Waals surface area contributed by atoms with Crippen LogP contribution in [-0.4, -0.2) is 50.3 Å². The van der Waals surface area contributed by atoms with Gasteiger partial charge >= 0.3 is 23.9 Å². The maximum atomic E-state index is 12.5. The predicted octanol–water partition coefficient (Wildman–Crippen LogP) is 7.32. The first kappa shape index (κ1) is 38.5. The quantitative estimate of drug-likeness (QED) is 0.0518. The third kappa shape index (κ3) is 14.1. The SMILES string of the molecule is C=CC(=O)OCCCCOc1ccc(C=CC(=O)Oc2ccc(OC(=O)C=Cc3ccc(OCCCCOC(=O)C=C)cc3)c(C)c2C)cc1. The van der Waals surface area contributed by atoms with Crippen molar-refractivity contribution in [2.75, 3.05) is 26.4 Å². The van der Waals surface area contributed by atoms with Gasteiger partial charge in [0.15, 0.2) is 0 Å². The topological polar surface area (TPSA) is 124 Å². The van der Waals surface area contributed by atoms with Crippen molar-refractivity contribution in [1.29, 1.82) is 0 Å². The van der Waals surface area contributed by atoms with E-state index in [1.165, 1.54) is 12.2 Å². The largest absolute Gasteiger partial charge is 0.494 e. The Labute approximate surface area is 292 Å². The molecule has 0 saturated carbocycles. The molecule has 0 fully saturated rings. The summed E-state index contributed by atoms with van der Waals surface area (Å²) in [7, 11) is 0. The molecular weight excluding hydrogens is 640 g/mol.